The van der Waals surface area contributed by atoms with E-state index >= 15 is 0 Å². The van der Waals surface area contributed by atoms with E-state index in [9.17, 15) is 5.26 Å². The molecule has 0 radical (unpaired) electrons. The molecule has 0 atom stereocenters. The monoisotopic (exact) mass is 510 g/mol. The van der Waals surface area contributed by atoms with Crippen LogP contribution >= 0.6 is 0 Å². The number of para-hydroxylation sites is 4. The Balaban J connectivity index is 1.37. The van der Waals surface area contributed by atoms with Crippen LogP contribution in [0.5, 0.6) is 0 Å². The van der Waals surface area contributed by atoms with Crippen LogP contribution in [0.4, 0.5) is 0 Å². The molecule has 8 aromatic rings. The zero-order valence-electron chi connectivity index (χ0n) is 21.5. The molecule has 0 unspecified atom stereocenters. The third-order valence-corrected chi connectivity index (χ3v) is 7.84. The predicted octanol–water partition coefficient (Wildman–Crippen LogP) is 8.81. The zero-order chi connectivity index (χ0) is 26.6. The first-order valence-electron chi connectivity index (χ1n) is 13.3. The van der Waals surface area contributed by atoms with Crippen molar-refractivity contribution in [3.05, 3.63) is 139 Å². The SMILES string of the molecule is N#Cc1c(-c2ccnc(-n3c4ccccc4c4ccccc43)c2)cccc1-n1c2ccccc2c2ccccc21. The van der Waals surface area contributed by atoms with E-state index in [1.165, 1.54) is 21.5 Å². The molecule has 0 spiro atoms. The highest BCUT2D eigenvalue weighted by atomic mass is 15.1. The van der Waals surface area contributed by atoms with Gasteiger partial charge in [0.15, 0.2) is 0 Å². The fraction of sp³-hybridized carbons (Fsp3) is 0. The number of fused-ring (bicyclic) bond motifs is 6. The average Bonchev–Trinajstić information content (AvgIpc) is 3.54. The van der Waals surface area contributed by atoms with Crippen LogP contribution in [0.2, 0.25) is 0 Å². The van der Waals surface area contributed by atoms with Crippen LogP contribution in [0.3, 0.4) is 0 Å². The molecule has 5 aromatic carbocycles. The second-order valence-electron chi connectivity index (χ2n) is 9.95. The van der Waals surface area contributed by atoms with Gasteiger partial charge in [0.05, 0.1) is 33.3 Å². The lowest BCUT2D eigenvalue weighted by molar-refractivity contribution is 1.08. The van der Waals surface area contributed by atoms with Gasteiger partial charge in [-0.25, -0.2) is 4.98 Å². The lowest BCUT2D eigenvalue weighted by Gasteiger charge is -2.14. The van der Waals surface area contributed by atoms with Crippen molar-refractivity contribution < 1.29 is 0 Å². The first kappa shape index (κ1) is 22.3. The summed E-state index contributed by atoms with van der Waals surface area (Å²) in [5, 5.41) is 15.3. The van der Waals surface area contributed by atoms with E-state index in [1.54, 1.807) is 0 Å². The summed E-state index contributed by atoms with van der Waals surface area (Å²) in [7, 11) is 0. The Kier molecular flexibility index (Phi) is 4.85. The van der Waals surface area contributed by atoms with E-state index in [0.717, 1.165) is 44.7 Å². The molecule has 4 nitrogen and oxygen atoms in total. The van der Waals surface area contributed by atoms with Gasteiger partial charge >= 0.3 is 0 Å². The zero-order valence-corrected chi connectivity index (χ0v) is 21.5. The Morgan fingerprint density at radius 3 is 1.55 bits per heavy atom. The molecule has 0 bridgehead atoms. The molecule has 0 saturated carbocycles. The highest BCUT2D eigenvalue weighted by Crippen LogP contribution is 2.37. The van der Waals surface area contributed by atoms with E-state index in [1.807, 2.05) is 30.5 Å². The molecule has 0 N–H and O–H groups in total. The Bertz CT molecular complexity index is 2190. The van der Waals surface area contributed by atoms with Crippen molar-refractivity contribution in [3.8, 4) is 28.7 Å². The molecule has 0 aliphatic heterocycles. The van der Waals surface area contributed by atoms with Gasteiger partial charge in [0.2, 0.25) is 0 Å². The fourth-order valence-corrected chi connectivity index (χ4v) is 6.14. The maximum absolute atomic E-state index is 10.6. The summed E-state index contributed by atoms with van der Waals surface area (Å²) >= 11 is 0. The fourth-order valence-electron chi connectivity index (χ4n) is 6.14. The lowest BCUT2D eigenvalue weighted by atomic mass is 9.99. The molecule has 0 fully saturated rings. The van der Waals surface area contributed by atoms with Crippen LogP contribution in [0.1, 0.15) is 5.56 Å². The van der Waals surface area contributed by atoms with Crippen molar-refractivity contribution in [2.75, 3.05) is 0 Å². The number of benzene rings is 5. The summed E-state index contributed by atoms with van der Waals surface area (Å²) < 4.78 is 4.42. The second kappa shape index (κ2) is 8.69. The number of nitriles is 1. The molecule has 3 aromatic heterocycles. The molecular formula is C36H22N4. The van der Waals surface area contributed by atoms with Crippen LogP contribution in [0, 0.1) is 11.3 Å². The van der Waals surface area contributed by atoms with Crippen molar-refractivity contribution in [3.63, 3.8) is 0 Å². The predicted molar refractivity (Wildman–Crippen MR) is 163 cm³/mol. The third-order valence-electron chi connectivity index (χ3n) is 7.84. The minimum Gasteiger partial charge on any atom is -0.308 e. The average molecular weight is 511 g/mol. The summed E-state index contributed by atoms with van der Waals surface area (Å²) in [6.07, 6.45) is 1.84. The number of aromatic nitrogens is 3. The Labute approximate surface area is 230 Å². The summed E-state index contributed by atoms with van der Waals surface area (Å²) in [5.41, 5.74) is 7.70. The van der Waals surface area contributed by atoms with E-state index in [0.29, 0.717) is 5.56 Å². The number of hydrogen-bond donors (Lipinski definition) is 0. The molecule has 4 heteroatoms. The van der Waals surface area contributed by atoms with Gasteiger partial charge in [0, 0.05) is 33.3 Å². The maximum atomic E-state index is 10.6. The standard InChI is InChI=1S/C36H22N4/c37-23-30-25(14-9-19-35(30)39-31-15-5-1-10-26(31)27-11-2-6-16-32(27)39)24-20-21-38-36(22-24)40-33-17-7-3-12-28(33)29-13-4-8-18-34(29)40/h1-22H. The Hall–Kier alpha value is -5.66. The first-order valence-corrected chi connectivity index (χ1v) is 13.3. The summed E-state index contributed by atoms with van der Waals surface area (Å²) in [5.74, 6) is 0.820. The van der Waals surface area contributed by atoms with E-state index in [-0.39, 0.29) is 0 Å². The van der Waals surface area contributed by atoms with Gasteiger partial charge in [-0.1, -0.05) is 84.9 Å². The second-order valence-corrected chi connectivity index (χ2v) is 9.95. The van der Waals surface area contributed by atoms with Gasteiger partial charge in [-0.15, -0.1) is 0 Å². The lowest BCUT2D eigenvalue weighted by Crippen LogP contribution is -2.01. The third kappa shape index (κ3) is 3.15. The van der Waals surface area contributed by atoms with Crippen molar-refractivity contribution in [2.45, 2.75) is 0 Å². The van der Waals surface area contributed by atoms with Gasteiger partial charge in [-0.3, -0.25) is 4.57 Å². The summed E-state index contributed by atoms with van der Waals surface area (Å²) in [6, 6.07) is 46.3. The topological polar surface area (TPSA) is 46.5 Å². The Morgan fingerprint density at radius 2 is 1.02 bits per heavy atom. The van der Waals surface area contributed by atoms with Crippen molar-refractivity contribution in [1.82, 2.24) is 14.1 Å². The minimum absolute atomic E-state index is 0.633. The maximum Gasteiger partial charge on any atom is 0.138 e. The molecule has 0 saturated heterocycles. The van der Waals surface area contributed by atoms with Gasteiger partial charge in [-0.05, 0) is 48.0 Å². The van der Waals surface area contributed by atoms with E-state index in [4.69, 9.17) is 4.98 Å². The van der Waals surface area contributed by atoms with Gasteiger partial charge < -0.3 is 4.57 Å². The van der Waals surface area contributed by atoms with Gasteiger partial charge in [-0.2, -0.15) is 5.26 Å². The minimum atomic E-state index is 0.633. The largest absolute Gasteiger partial charge is 0.308 e. The van der Waals surface area contributed by atoms with Crippen molar-refractivity contribution in [1.29, 1.82) is 5.26 Å². The number of nitrogens with zero attached hydrogens (tertiary/aromatic N) is 4. The molecule has 186 valence electrons. The van der Waals surface area contributed by atoms with Crippen LogP contribution < -0.4 is 0 Å². The van der Waals surface area contributed by atoms with E-state index < -0.39 is 0 Å². The van der Waals surface area contributed by atoms with E-state index in [2.05, 4.69) is 118 Å². The number of pyridine rings is 1. The molecule has 0 aliphatic carbocycles. The van der Waals surface area contributed by atoms with Crippen LogP contribution in [-0.4, -0.2) is 14.1 Å². The van der Waals surface area contributed by atoms with Crippen molar-refractivity contribution in [2.24, 2.45) is 0 Å². The summed E-state index contributed by atoms with van der Waals surface area (Å²) in [4.78, 5) is 4.79. The molecule has 0 amide bonds. The van der Waals surface area contributed by atoms with Gasteiger partial charge in [0.1, 0.15) is 11.9 Å². The van der Waals surface area contributed by atoms with Crippen LogP contribution in [-0.2, 0) is 0 Å². The number of hydrogen-bond acceptors (Lipinski definition) is 2. The summed E-state index contributed by atoms with van der Waals surface area (Å²) in [6.45, 7) is 0. The highest BCUT2D eigenvalue weighted by molar-refractivity contribution is 6.10. The molecule has 8 rings (SSSR count). The Morgan fingerprint density at radius 1 is 0.525 bits per heavy atom. The van der Waals surface area contributed by atoms with Gasteiger partial charge in [0.25, 0.3) is 0 Å². The van der Waals surface area contributed by atoms with Crippen molar-refractivity contribution >= 4 is 43.6 Å². The van der Waals surface area contributed by atoms with Crippen LogP contribution in [0.15, 0.2) is 134 Å². The molecule has 40 heavy (non-hydrogen) atoms. The smallest absolute Gasteiger partial charge is 0.138 e. The quantitative estimate of drug-likeness (QED) is 0.238. The first-order chi connectivity index (χ1) is 19.8. The molecular weight excluding hydrogens is 488 g/mol. The highest BCUT2D eigenvalue weighted by Gasteiger charge is 2.18. The number of rotatable bonds is 3. The molecule has 3 heterocycles. The normalized spacial score (nSPS) is 11.5. The molecule has 0 aliphatic rings. The van der Waals surface area contributed by atoms with Crippen LogP contribution in [0.25, 0.3) is 66.2 Å².